The van der Waals surface area contributed by atoms with Crippen LogP contribution in [-0.2, 0) is 4.79 Å². The Balaban J connectivity index is 2.01. The average Bonchev–Trinajstić information content (AvgIpc) is 2.94. The number of carbonyl (C=O) groups is 1. The van der Waals surface area contributed by atoms with E-state index in [1.54, 1.807) is 0 Å². The van der Waals surface area contributed by atoms with Gasteiger partial charge >= 0.3 is 0 Å². The third kappa shape index (κ3) is 3.31. The number of hydrogen-bond donors (Lipinski definition) is 1. The van der Waals surface area contributed by atoms with Crippen LogP contribution in [-0.4, -0.2) is 36.5 Å². The molecule has 0 aromatic heterocycles. The van der Waals surface area contributed by atoms with Gasteiger partial charge in [-0.3, -0.25) is 4.79 Å². The van der Waals surface area contributed by atoms with Crippen LogP contribution in [0.1, 0.15) is 25.3 Å². The summed E-state index contributed by atoms with van der Waals surface area (Å²) in [5, 5.41) is 0. The van der Waals surface area contributed by atoms with Crippen molar-refractivity contribution in [2.75, 3.05) is 19.6 Å². The van der Waals surface area contributed by atoms with Crippen LogP contribution in [0.25, 0.3) is 0 Å². The Hall–Kier alpha value is -1.55. The molecule has 0 radical (unpaired) electrons. The smallest absolute Gasteiger partial charge is 0.263 e. The summed E-state index contributed by atoms with van der Waals surface area (Å²) < 4.78 is 5.92. The average molecular weight is 276 g/mol. The normalized spacial score (nSPS) is 19.9. The SMILES string of the molecule is CC[C@@H](Oc1ccccc1C)C(=O)N1CC[C@H](CN)C1. The van der Waals surface area contributed by atoms with Gasteiger partial charge in [-0.2, -0.15) is 0 Å². The molecule has 2 rings (SSSR count). The highest BCUT2D eigenvalue weighted by molar-refractivity contribution is 5.81. The van der Waals surface area contributed by atoms with E-state index in [0.29, 0.717) is 18.9 Å². The van der Waals surface area contributed by atoms with Gasteiger partial charge in [0.1, 0.15) is 5.75 Å². The van der Waals surface area contributed by atoms with Gasteiger partial charge in [-0.05, 0) is 43.9 Å². The summed E-state index contributed by atoms with van der Waals surface area (Å²) >= 11 is 0. The summed E-state index contributed by atoms with van der Waals surface area (Å²) in [6, 6.07) is 7.81. The van der Waals surface area contributed by atoms with Crippen LogP contribution in [0, 0.1) is 12.8 Å². The van der Waals surface area contributed by atoms with Crippen molar-refractivity contribution in [3.63, 3.8) is 0 Å². The van der Waals surface area contributed by atoms with Crippen molar-refractivity contribution in [3.8, 4) is 5.75 Å². The Morgan fingerprint density at radius 2 is 2.25 bits per heavy atom. The highest BCUT2D eigenvalue weighted by Crippen LogP contribution is 2.22. The topological polar surface area (TPSA) is 55.6 Å². The van der Waals surface area contributed by atoms with E-state index < -0.39 is 6.10 Å². The van der Waals surface area contributed by atoms with Gasteiger partial charge in [0.25, 0.3) is 5.91 Å². The number of carbonyl (C=O) groups excluding carboxylic acids is 1. The molecule has 1 amide bonds. The lowest BCUT2D eigenvalue weighted by atomic mass is 10.1. The van der Waals surface area contributed by atoms with Crippen molar-refractivity contribution in [2.24, 2.45) is 11.7 Å². The first kappa shape index (κ1) is 14.9. The Morgan fingerprint density at radius 1 is 1.50 bits per heavy atom. The Labute approximate surface area is 120 Å². The molecule has 0 spiro atoms. The first-order chi connectivity index (χ1) is 9.65. The van der Waals surface area contributed by atoms with Crippen LogP contribution >= 0.6 is 0 Å². The van der Waals surface area contributed by atoms with Crippen molar-refractivity contribution in [1.29, 1.82) is 0 Å². The van der Waals surface area contributed by atoms with E-state index in [-0.39, 0.29) is 5.91 Å². The van der Waals surface area contributed by atoms with Gasteiger partial charge in [0.05, 0.1) is 0 Å². The zero-order chi connectivity index (χ0) is 14.5. The maximum atomic E-state index is 12.5. The summed E-state index contributed by atoms with van der Waals surface area (Å²) in [5.41, 5.74) is 6.73. The Bertz CT molecular complexity index is 462. The van der Waals surface area contributed by atoms with Gasteiger partial charge in [-0.15, -0.1) is 0 Å². The van der Waals surface area contributed by atoms with Crippen molar-refractivity contribution in [2.45, 2.75) is 32.8 Å². The van der Waals surface area contributed by atoms with Crippen molar-refractivity contribution < 1.29 is 9.53 Å². The van der Waals surface area contributed by atoms with Crippen molar-refractivity contribution >= 4 is 5.91 Å². The second-order valence-corrected chi connectivity index (χ2v) is 5.45. The van der Waals surface area contributed by atoms with Gasteiger partial charge in [0.2, 0.25) is 0 Å². The Kier molecular flexibility index (Phi) is 5.01. The maximum Gasteiger partial charge on any atom is 0.263 e. The van der Waals surface area contributed by atoms with Crippen LogP contribution in [0.5, 0.6) is 5.75 Å². The number of amides is 1. The molecule has 1 saturated heterocycles. The van der Waals surface area contributed by atoms with Gasteiger partial charge in [-0.1, -0.05) is 25.1 Å². The number of ether oxygens (including phenoxy) is 1. The lowest BCUT2D eigenvalue weighted by molar-refractivity contribution is -0.137. The molecular weight excluding hydrogens is 252 g/mol. The molecule has 0 aliphatic carbocycles. The third-order valence-corrected chi connectivity index (χ3v) is 3.94. The number of nitrogens with zero attached hydrogens (tertiary/aromatic N) is 1. The van der Waals surface area contributed by atoms with Crippen molar-refractivity contribution in [1.82, 2.24) is 4.90 Å². The lowest BCUT2D eigenvalue weighted by Gasteiger charge is -2.24. The van der Waals surface area contributed by atoms with E-state index in [0.717, 1.165) is 30.8 Å². The zero-order valence-corrected chi connectivity index (χ0v) is 12.3. The lowest BCUT2D eigenvalue weighted by Crippen LogP contribution is -2.40. The van der Waals surface area contributed by atoms with Gasteiger partial charge < -0.3 is 15.4 Å². The largest absolute Gasteiger partial charge is 0.480 e. The minimum absolute atomic E-state index is 0.0895. The highest BCUT2D eigenvalue weighted by atomic mass is 16.5. The molecule has 1 aliphatic heterocycles. The van der Waals surface area contributed by atoms with Crippen LogP contribution < -0.4 is 10.5 Å². The van der Waals surface area contributed by atoms with E-state index in [2.05, 4.69) is 0 Å². The molecule has 110 valence electrons. The standard InChI is InChI=1S/C16H24N2O2/c1-3-14(20-15-7-5-4-6-12(15)2)16(19)18-9-8-13(10-17)11-18/h4-7,13-14H,3,8-11,17H2,1-2H3/t13-,14-/m1/s1. The molecule has 1 aromatic rings. The van der Waals surface area contributed by atoms with Crippen LogP contribution in [0.15, 0.2) is 24.3 Å². The number of para-hydroxylation sites is 1. The van der Waals surface area contributed by atoms with Crippen molar-refractivity contribution in [3.05, 3.63) is 29.8 Å². The predicted octanol–water partition coefficient (Wildman–Crippen LogP) is 1.96. The summed E-state index contributed by atoms with van der Waals surface area (Å²) in [6.07, 6.45) is 1.28. The molecule has 0 unspecified atom stereocenters. The second-order valence-electron chi connectivity index (χ2n) is 5.45. The number of likely N-dealkylation sites (tertiary alicyclic amines) is 1. The van der Waals surface area contributed by atoms with Gasteiger partial charge in [-0.25, -0.2) is 0 Å². The van der Waals surface area contributed by atoms with Crippen LogP contribution in [0.2, 0.25) is 0 Å². The maximum absolute atomic E-state index is 12.5. The third-order valence-electron chi connectivity index (χ3n) is 3.94. The van der Waals surface area contributed by atoms with E-state index >= 15 is 0 Å². The molecule has 1 heterocycles. The van der Waals surface area contributed by atoms with Gasteiger partial charge in [0, 0.05) is 13.1 Å². The Morgan fingerprint density at radius 3 is 2.85 bits per heavy atom. The molecule has 20 heavy (non-hydrogen) atoms. The minimum Gasteiger partial charge on any atom is -0.480 e. The number of nitrogens with two attached hydrogens (primary N) is 1. The first-order valence-corrected chi connectivity index (χ1v) is 7.36. The fraction of sp³-hybridized carbons (Fsp3) is 0.562. The van der Waals surface area contributed by atoms with E-state index in [4.69, 9.17) is 10.5 Å². The predicted molar refractivity (Wildman–Crippen MR) is 79.6 cm³/mol. The zero-order valence-electron chi connectivity index (χ0n) is 12.3. The monoisotopic (exact) mass is 276 g/mol. The number of rotatable bonds is 5. The molecule has 1 fully saturated rings. The molecule has 0 bridgehead atoms. The molecule has 2 N–H and O–H groups in total. The van der Waals surface area contributed by atoms with E-state index in [9.17, 15) is 4.79 Å². The summed E-state index contributed by atoms with van der Waals surface area (Å²) in [4.78, 5) is 14.4. The summed E-state index contributed by atoms with van der Waals surface area (Å²) in [5.74, 6) is 1.32. The first-order valence-electron chi connectivity index (χ1n) is 7.36. The van der Waals surface area contributed by atoms with Gasteiger partial charge in [0.15, 0.2) is 6.10 Å². The molecule has 4 heteroatoms. The highest BCUT2D eigenvalue weighted by Gasteiger charge is 2.30. The molecule has 2 atom stereocenters. The molecular formula is C16H24N2O2. The van der Waals surface area contributed by atoms with E-state index in [1.165, 1.54) is 0 Å². The number of aryl methyl sites for hydroxylation is 1. The van der Waals surface area contributed by atoms with E-state index in [1.807, 2.05) is 43.0 Å². The minimum atomic E-state index is -0.396. The second kappa shape index (κ2) is 6.75. The summed E-state index contributed by atoms with van der Waals surface area (Å²) in [7, 11) is 0. The van der Waals surface area contributed by atoms with Crippen LogP contribution in [0.3, 0.4) is 0 Å². The fourth-order valence-corrected chi connectivity index (χ4v) is 2.58. The molecule has 1 aliphatic rings. The number of benzene rings is 1. The van der Waals surface area contributed by atoms with Crippen LogP contribution in [0.4, 0.5) is 0 Å². The molecule has 0 saturated carbocycles. The quantitative estimate of drug-likeness (QED) is 0.894. The number of hydrogen-bond acceptors (Lipinski definition) is 3. The fourth-order valence-electron chi connectivity index (χ4n) is 2.58. The molecule has 4 nitrogen and oxygen atoms in total. The summed E-state index contributed by atoms with van der Waals surface area (Å²) in [6.45, 7) is 6.20. The molecule has 1 aromatic carbocycles.